The zero-order chi connectivity index (χ0) is 24.9. The Balaban J connectivity index is 1.47. The highest BCUT2D eigenvalue weighted by molar-refractivity contribution is 5.74. The smallest absolute Gasteiger partial charge is 0.309 e. The van der Waals surface area contributed by atoms with E-state index in [4.69, 9.17) is 4.74 Å². The second-order valence-electron chi connectivity index (χ2n) is 11.2. The molecule has 0 saturated heterocycles. The van der Waals surface area contributed by atoms with Crippen molar-refractivity contribution >= 4 is 5.97 Å². The van der Waals surface area contributed by atoms with Crippen molar-refractivity contribution in [1.29, 1.82) is 0 Å². The van der Waals surface area contributed by atoms with E-state index in [1.165, 1.54) is 11.1 Å². The molecule has 0 amide bonds. The number of aliphatic hydroxyl groups is 1. The summed E-state index contributed by atoms with van der Waals surface area (Å²) < 4.78 is 6.01. The Morgan fingerprint density at radius 3 is 2.26 bits per heavy atom. The van der Waals surface area contributed by atoms with Crippen molar-refractivity contribution in [3.8, 4) is 0 Å². The zero-order valence-electron chi connectivity index (χ0n) is 21.3. The van der Waals surface area contributed by atoms with Crippen molar-refractivity contribution in [3.63, 3.8) is 0 Å². The highest BCUT2D eigenvalue weighted by atomic mass is 16.5. The number of benzene rings is 2. The first-order valence-corrected chi connectivity index (χ1v) is 12.4. The molecule has 3 N–H and O–H groups in total. The predicted octanol–water partition coefficient (Wildman–Crippen LogP) is 4.95. The van der Waals surface area contributed by atoms with Crippen molar-refractivity contribution in [2.45, 2.75) is 78.0 Å². The summed E-state index contributed by atoms with van der Waals surface area (Å²) >= 11 is 0. The molecular weight excluding hydrogens is 426 g/mol. The number of hydrogen-bond acceptors (Lipinski definition) is 4. The van der Waals surface area contributed by atoms with Gasteiger partial charge in [-0.25, -0.2) is 0 Å². The quantitative estimate of drug-likeness (QED) is 0.412. The lowest BCUT2D eigenvalue weighted by Crippen LogP contribution is -2.45. The molecule has 2 aromatic carbocycles. The minimum absolute atomic E-state index is 0.0751. The lowest BCUT2D eigenvalue weighted by molar-refractivity contribution is -0.146. The van der Waals surface area contributed by atoms with E-state index in [0.29, 0.717) is 18.9 Å². The highest BCUT2D eigenvalue weighted by Gasteiger charge is 2.30. The molecule has 0 unspecified atom stereocenters. The van der Waals surface area contributed by atoms with E-state index in [9.17, 15) is 15.0 Å². The molecule has 0 saturated carbocycles. The van der Waals surface area contributed by atoms with Crippen LogP contribution >= 0.6 is 0 Å². The van der Waals surface area contributed by atoms with Gasteiger partial charge in [-0.1, -0.05) is 48.5 Å². The topological polar surface area (TPSA) is 78.8 Å². The lowest BCUT2D eigenvalue weighted by atomic mass is 9.83. The molecule has 0 aromatic heterocycles. The molecular formula is C29H41NO4. The van der Waals surface area contributed by atoms with E-state index in [0.717, 1.165) is 30.4 Å². The number of carbonyl (C=O) groups is 1. The number of rotatable bonds is 12. The normalized spacial score (nSPS) is 16.3. The molecule has 5 heteroatoms. The molecule has 1 aliphatic carbocycles. The maximum absolute atomic E-state index is 11.6. The average Bonchev–Trinajstić information content (AvgIpc) is 3.17. The number of hydrogen-bond donors (Lipinski definition) is 3. The monoisotopic (exact) mass is 467 g/mol. The van der Waals surface area contributed by atoms with Crippen LogP contribution in [0.3, 0.4) is 0 Å². The van der Waals surface area contributed by atoms with Gasteiger partial charge in [-0.05, 0) is 88.5 Å². The van der Waals surface area contributed by atoms with E-state index >= 15 is 0 Å². The second-order valence-corrected chi connectivity index (χ2v) is 11.2. The molecule has 2 atom stereocenters. The SMILES string of the molecule is C[C@@H](OC[C@H](O)CNC(C)(C)CC1Cc2ccccc2C1)c1ccccc1CC(C)(C)C(=O)O. The summed E-state index contributed by atoms with van der Waals surface area (Å²) in [5.41, 5.74) is 3.95. The van der Waals surface area contributed by atoms with Gasteiger partial charge in [0, 0.05) is 12.1 Å². The zero-order valence-corrected chi connectivity index (χ0v) is 21.3. The van der Waals surface area contributed by atoms with Gasteiger partial charge >= 0.3 is 5.97 Å². The van der Waals surface area contributed by atoms with Crippen LogP contribution in [0.5, 0.6) is 0 Å². The summed E-state index contributed by atoms with van der Waals surface area (Å²) in [6.45, 7) is 10.5. The summed E-state index contributed by atoms with van der Waals surface area (Å²) in [6, 6.07) is 16.5. The Bertz CT molecular complexity index is 943. The van der Waals surface area contributed by atoms with Crippen LogP contribution in [0.15, 0.2) is 48.5 Å². The van der Waals surface area contributed by atoms with E-state index < -0.39 is 17.5 Å². The van der Waals surface area contributed by atoms with Crippen LogP contribution in [0.25, 0.3) is 0 Å². The molecule has 0 bridgehead atoms. The van der Waals surface area contributed by atoms with E-state index in [1.54, 1.807) is 13.8 Å². The van der Waals surface area contributed by atoms with Crippen LogP contribution in [0.2, 0.25) is 0 Å². The number of aliphatic carboxylic acids is 1. The van der Waals surface area contributed by atoms with Gasteiger partial charge < -0.3 is 20.3 Å². The molecule has 5 nitrogen and oxygen atoms in total. The minimum atomic E-state index is -0.856. The molecule has 0 fully saturated rings. The molecule has 186 valence electrons. The first-order valence-electron chi connectivity index (χ1n) is 12.4. The number of β-amino-alcohol motifs (C(OH)–C–C–N with tert-alkyl or cyclic N) is 1. The van der Waals surface area contributed by atoms with Crippen LogP contribution < -0.4 is 5.32 Å². The first-order chi connectivity index (χ1) is 16.0. The third-order valence-corrected chi connectivity index (χ3v) is 6.99. The van der Waals surface area contributed by atoms with Crippen LogP contribution in [0.1, 0.15) is 69.4 Å². The van der Waals surface area contributed by atoms with Crippen LogP contribution in [-0.2, 0) is 28.8 Å². The molecule has 3 rings (SSSR count). The predicted molar refractivity (Wildman–Crippen MR) is 136 cm³/mol. The van der Waals surface area contributed by atoms with Gasteiger partial charge in [0.2, 0.25) is 0 Å². The fourth-order valence-electron chi connectivity index (χ4n) is 5.03. The Morgan fingerprint density at radius 1 is 1.06 bits per heavy atom. The third kappa shape index (κ3) is 7.14. The standard InChI is InChI=1S/C29H41NO4/c1-20(26-13-9-8-12-24(26)17-28(2,3)27(32)33)34-19-25(31)18-30-29(4,5)16-21-14-22-10-6-7-11-23(22)15-21/h6-13,20-21,25,30-31H,14-19H2,1-5H3,(H,32,33)/t20-,25-/m1/s1. The number of carboxylic acid groups (broad SMARTS) is 1. The maximum atomic E-state index is 11.6. The molecule has 34 heavy (non-hydrogen) atoms. The summed E-state index contributed by atoms with van der Waals surface area (Å²) in [5.74, 6) is -0.193. The maximum Gasteiger partial charge on any atom is 0.309 e. The summed E-state index contributed by atoms with van der Waals surface area (Å²) in [7, 11) is 0. The van der Waals surface area contributed by atoms with Crippen LogP contribution in [0, 0.1) is 11.3 Å². The fourth-order valence-corrected chi connectivity index (χ4v) is 5.03. The van der Waals surface area contributed by atoms with Crippen LogP contribution in [-0.4, -0.2) is 41.0 Å². The number of ether oxygens (including phenoxy) is 1. The van der Waals surface area contributed by atoms with Gasteiger partial charge in [-0.15, -0.1) is 0 Å². The first kappa shape index (κ1) is 26.4. The molecule has 0 spiro atoms. The number of aliphatic hydroxyl groups excluding tert-OH is 1. The van der Waals surface area contributed by atoms with Gasteiger partial charge in [0.05, 0.1) is 24.2 Å². The molecule has 1 aliphatic rings. The van der Waals surface area contributed by atoms with E-state index in [2.05, 4.69) is 43.4 Å². The van der Waals surface area contributed by atoms with Gasteiger partial charge in [-0.3, -0.25) is 4.79 Å². The van der Waals surface area contributed by atoms with Crippen molar-refractivity contribution < 1.29 is 19.7 Å². The largest absolute Gasteiger partial charge is 0.481 e. The number of nitrogens with one attached hydrogen (secondary N) is 1. The van der Waals surface area contributed by atoms with Gasteiger partial charge in [-0.2, -0.15) is 0 Å². The van der Waals surface area contributed by atoms with E-state index in [1.807, 2.05) is 31.2 Å². The summed E-state index contributed by atoms with van der Waals surface area (Å²) in [6.07, 6.45) is 2.88. The molecule has 0 radical (unpaired) electrons. The Morgan fingerprint density at radius 2 is 1.65 bits per heavy atom. The second kappa shape index (κ2) is 11.0. The molecule has 0 aliphatic heterocycles. The molecule has 0 heterocycles. The van der Waals surface area contributed by atoms with Crippen molar-refractivity contribution in [2.24, 2.45) is 11.3 Å². The number of carboxylic acids is 1. The Hall–Kier alpha value is -2.21. The summed E-state index contributed by atoms with van der Waals surface area (Å²) in [4.78, 5) is 11.6. The highest BCUT2D eigenvalue weighted by Crippen LogP contribution is 2.32. The molecule has 2 aromatic rings. The van der Waals surface area contributed by atoms with Gasteiger partial charge in [0.25, 0.3) is 0 Å². The average molecular weight is 468 g/mol. The Kier molecular flexibility index (Phi) is 8.56. The van der Waals surface area contributed by atoms with Crippen molar-refractivity contribution in [2.75, 3.05) is 13.2 Å². The lowest BCUT2D eigenvalue weighted by Gasteiger charge is -2.31. The minimum Gasteiger partial charge on any atom is -0.481 e. The Labute approximate surface area is 204 Å². The summed E-state index contributed by atoms with van der Waals surface area (Å²) in [5, 5.41) is 23.6. The van der Waals surface area contributed by atoms with E-state index in [-0.39, 0.29) is 18.2 Å². The van der Waals surface area contributed by atoms with Crippen molar-refractivity contribution in [3.05, 3.63) is 70.8 Å². The third-order valence-electron chi connectivity index (χ3n) is 6.99. The van der Waals surface area contributed by atoms with Crippen LogP contribution in [0.4, 0.5) is 0 Å². The fraction of sp³-hybridized carbons (Fsp3) is 0.552. The number of fused-ring (bicyclic) bond motifs is 1. The van der Waals surface area contributed by atoms with Gasteiger partial charge in [0.1, 0.15) is 0 Å². The van der Waals surface area contributed by atoms with Gasteiger partial charge in [0.15, 0.2) is 0 Å². The van der Waals surface area contributed by atoms with Crippen molar-refractivity contribution in [1.82, 2.24) is 5.32 Å².